The standard InChI is InChI=1S/C16H13F2NO/c17-13-6-5-10-7-16(20-15(10)14(13)18)9-19-8-11-3-1-2-4-12(11)16/h1-6,19H,7-9H2. The summed E-state index contributed by atoms with van der Waals surface area (Å²) in [7, 11) is 0. The number of rotatable bonds is 0. The van der Waals surface area contributed by atoms with Crippen LogP contribution < -0.4 is 10.1 Å². The van der Waals surface area contributed by atoms with Crippen molar-refractivity contribution in [3.8, 4) is 5.75 Å². The lowest BCUT2D eigenvalue weighted by molar-refractivity contribution is 0.0781. The van der Waals surface area contributed by atoms with Crippen LogP contribution in [0.2, 0.25) is 0 Å². The van der Waals surface area contributed by atoms with Crippen molar-refractivity contribution in [2.24, 2.45) is 0 Å². The van der Waals surface area contributed by atoms with E-state index in [-0.39, 0.29) is 5.75 Å². The van der Waals surface area contributed by atoms with Gasteiger partial charge in [-0.3, -0.25) is 0 Å². The molecule has 0 saturated heterocycles. The molecule has 20 heavy (non-hydrogen) atoms. The van der Waals surface area contributed by atoms with Crippen molar-refractivity contribution in [2.45, 2.75) is 18.6 Å². The molecule has 2 aliphatic heterocycles. The molecule has 0 fully saturated rings. The highest BCUT2D eigenvalue weighted by Crippen LogP contribution is 2.45. The fourth-order valence-electron chi connectivity index (χ4n) is 3.22. The average Bonchev–Trinajstić information content (AvgIpc) is 2.84. The SMILES string of the molecule is Fc1ccc2c(c1F)OC1(CNCc3ccccc31)C2. The molecule has 2 nitrogen and oxygen atoms in total. The molecule has 1 atom stereocenters. The van der Waals surface area contributed by atoms with Crippen molar-refractivity contribution in [3.05, 3.63) is 64.7 Å². The van der Waals surface area contributed by atoms with Gasteiger partial charge >= 0.3 is 0 Å². The fourth-order valence-corrected chi connectivity index (χ4v) is 3.22. The number of hydrogen-bond acceptors (Lipinski definition) is 2. The van der Waals surface area contributed by atoms with Crippen molar-refractivity contribution >= 4 is 0 Å². The summed E-state index contributed by atoms with van der Waals surface area (Å²) in [6.07, 6.45) is 0.559. The molecule has 0 aromatic heterocycles. The minimum atomic E-state index is -0.887. The Hall–Kier alpha value is -1.94. The zero-order valence-electron chi connectivity index (χ0n) is 10.7. The molecule has 4 rings (SSSR count). The molecule has 0 saturated carbocycles. The van der Waals surface area contributed by atoms with Crippen molar-refractivity contribution < 1.29 is 13.5 Å². The summed E-state index contributed by atoms with van der Waals surface area (Å²) in [5, 5.41) is 3.30. The first-order valence-electron chi connectivity index (χ1n) is 6.65. The topological polar surface area (TPSA) is 21.3 Å². The summed E-state index contributed by atoms with van der Waals surface area (Å²) in [6.45, 7) is 1.37. The van der Waals surface area contributed by atoms with E-state index in [9.17, 15) is 8.78 Å². The maximum atomic E-state index is 13.9. The van der Waals surface area contributed by atoms with Gasteiger partial charge in [0.2, 0.25) is 5.82 Å². The second-order valence-corrected chi connectivity index (χ2v) is 5.38. The quantitative estimate of drug-likeness (QED) is 0.797. The Bertz CT molecular complexity index is 701. The van der Waals surface area contributed by atoms with E-state index in [4.69, 9.17) is 4.74 Å². The molecule has 2 heterocycles. The summed E-state index contributed by atoms with van der Waals surface area (Å²) in [5.41, 5.74) is 2.32. The number of fused-ring (bicyclic) bond motifs is 3. The Labute approximate surface area is 115 Å². The van der Waals surface area contributed by atoms with Crippen LogP contribution in [0.3, 0.4) is 0 Å². The van der Waals surface area contributed by atoms with Gasteiger partial charge in [-0.25, -0.2) is 4.39 Å². The zero-order valence-corrected chi connectivity index (χ0v) is 10.7. The summed E-state index contributed by atoms with van der Waals surface area (Å²) in [4.78, 5) is 0. The maximum absolute atomic E-state index is 13.9. The highest BCUT2D eigenvalue weighted by molar-refractivity contribution is 5.47. The van der Waals surface area contributed by atoms with E-state index < -0.39 is 17.2 Å². The van der Waals surface area contributed by atoms with Crippen LogP contribution in [-0.2, 0) is 18.6 Å². The Balaban J connectivity index is 1.85. The molecule has 2 aromatic carbocycles. The largest absolute Gasteiger partial charge is 0.477 e. The molecular formula is C16H13F2NO. The van der Waals surface area contributed by atoms with Crippen LogP contribution in [0.4, 0.5) is 8.78 Å². The van der Waals surface area contributed by atoms with Gasteiger partial charge in [-0.2, -0.15) is 4.39 Å². The smallest absolute Gasteiger partial charge is 0.200 e. The minimum absolute atomic E-state index is 0.0588. The van der Waals surface area contributed by atoms with Crippen LogP contribution in [0.1, 0.15) is 16.7 Å². The summed E-state index contributed by atoms with van der Waals surface area (Å²) in [5.74, 6) is -1.69. The zero-order chi connectivity index (χ0) is 13.7. The monoisotopic (exact) mass is 273 g/mol. The van der Waals surface area contributed by atoms with Gasteiger partial charge < -0.3 is 10.1 Å². The molecule has 0 bridgehead atoms. The van der Waals surface area contributed by atoms with E-state index in [1.807, 2.05) is 24.3 Å². The highest BCUT2D eigenvalue weighted by atomic mass is 19.2. The Morgan fingerprint density at radius 2 is 1.90 bits per heavy atom. The number of nitrogens with one attached hydrogen (secondary N) is 1. The molecule has 1 unspecified atom stereocenters. The second kappa shape index (κ2) is 4.03. The van der Waals surface area contributed by atoms with E-state index in [0.29, 0.717) is 13.0 Å². The van der Waals surface area contributed by atoms with Crippen molar-refractivity contribution in [2.75, 3.05) is 6.54 Å². The summed E-state index contributed by atoms with van der Waals surface area (Å²) >= 11 is 0. The van der Waals surface area contributed by atoms with Crippen molar-refractivity contribution in [1.82, 2.24) is 5.32 Å². The van der Waals surface area contributed by atoms with Crippen LogP contribution in [0.5, 0.6) is 5.75 Å². The normalized spacial score (nSPS) is 23.3. The first-order chi connectivity index (χ1) is 9.70. The van der Waals surface area contributed by atoms with Gasteiger partial charge in [0.15, 0.2) is 17.2 Å². The van der Waals surface area contributed by atoms with Crippen LogP contribution in [0.15, 0.2) is 36.4 Å². The van der Waals surface area contributed by atoms with Gasteiger partial charge in [0.25, 0.3) is 0 Å². The van der Waals surface area contributed by atoms with Crippen molar-refractivity contribution in [1.29, 1.82) is 0 Å². The minimum Gasteiger partial charge on any atom is -0.477 e. The molecule has 4 heteroatoms. The van der Waals surface area contributed by atoms with Gasteiger partial charge in [-0.05, 0) is 11.6 Å². The third kappa shape index (κ3) is 1.51. The van der Waals surface area contributed by atoms with Gasteiger partial charge in [0, 0.05) is 30.6 Å². The lowest BCUT2D eigenvalue weighted by Gasteiger charge is -2.35. The summed E-state index contributed by atoms with van der Waals surface area (Å²) in [6, 6.07) is 10.7. The van der Waals surface area contributed by atoms with Crippen LogP contribution in [0.25, 0.3) is 0 Å². The summed E-state index contributed by atoms with van der Waals surface area (Å²) < 4.78 is 33.1. The molecule has 0 radical (unpaired) electrons. The predicted molar refractivity (Wildman–Crippen MR) is 70.5 cm³/mol. The number of halogens is 2. The molecule has 0 amide bonds. The molecular weight excluding hydrogens is 260 g/mol. The van der Waals surface area contributed by atoms with Crippen LogP contribution >= 0.6 is 0 Å². The van der Waals surface area contributed by atoms with Gasteiger partial charge in [0.05, 0.1) is 0 Å². The lowest BCUT2D eigenvalue weighted by atomic mass is 9.83. The van der Waals surface area contributed by atoms with E-state index >= 15 is 0 Å². The first kappa shape index (κ1) is 11.9. The molecule has 1 spiro atoms. The van der Waals surface area contributed by atoms with Gasteiger partial charge in [-0.15, -0.1) is 0 Å². The maximum Gasteiger partial charge on any atom is 0.200 e. The van der Waals surface area contributed by atoms with E-state index in [1.165, 1.54) is 6.07 Å². The number of ether oxygens (including phenoxy) is 1. The Morgan fingerprint density at radius 3 is 2.80 bits per heavy atom. The van der Waals surface area contributed by atoms with Gasteiger partial charge in [-0.1, -0.05) is 30.3 Å². The molecule has 0 aliphatic carbocycles. The predicted octanol–water partition coefficient (Wildman–Crippen LogP) is 2.90. The third-order valence-corrected chi connectivity index (χ3v) is 4.14. The van der Waals surface area contributed by atoms with Crippen LogP contribution in [-0.4, -0.2) is 6.54 Å². The van der Waals surface area contributed by atoms with E-state index in [2.05, 4.69) is 5.32 Å². The molecule has 2 aromatic rings. The first-order valence-corrected chi connectivity index (χ1v) is 6.65. The van der Waals surface area contributed by atoms with Crippen LogP contribution in [0, 0.1) is 11.6 Å². The van der Waals surface area contributed by atoms with E-state index in [1.54, 1.807) is 6.07 Å². The van der Waals surface area contributed by atoms with E-state index in [0.717, 1.165) is 23.2 Å². The highest BCUT2D eigenvalue weighted by Gasteiger charge is 2.45. The third-order valence-electron chi connectivity index (χ3n) is 4.14. The molecule has 2 aliphatic rings. The molecule has 1 N–H and O–H groups in total. The van der Waals surface area contributed by atoms with Crippen molar-refractivity contribution in [3.63, 3.8) is 0 Å². The average molecular weight is 273 g/mol. The van der Waals surface area contributed by atoms with Gasteiger partial charge in [0.1, 0.15) is 0 Å². The lowest BCUT2D eigenvalue weighted by Crippen LogP contribution is -2.46. The molecule has 102 valence electrons. The fraction of sp³-hybridized carbons (Fsp3) is 0.250. The number of hydrogen-bond donors (Lipinski definition) is 1. The number of benzene rings is 2. The Kier molecular flexibility index (Phi) is 2.39. The second-order valence-electron chi connectivity index (χ2n) is 5.38. The Morgan fingerprint density at radius 1 is 1.05 bits per heavy atom.